The summed E-state index contributed by atoms with van der Waals surface area (Å²) >= 11 is 0. The van der Waals surface area contributed by atoms with Crippen LogP contribution >= 0.6 is 0 Å². The van der Waals surface area contributed by atoms with Gasteiger partial charge < -0.3 is 10.2 Å². The molecule has 2 aromatic carbocycles. The van der Waals surface area contributed by atoms with Gasteiger partial charge in [-0.25, -0.2) is 17.2 Å². The molecule has 26 heavy (non-hydrogen) atoms. The van der Waals surface area contributed by atoms with E-state index >= 15 is 0 Å². The molecule has 0 aliphatic rings. The molecule has 0 aliphatic carbocycles. The molecule has 2 N–H and O–H groups in total. The van der Waals surface area contributed by atoms with Crippen molar-refractivity contribution in [2.45, 2.75) is 4.90 Å². The highest BCUT2D eigenvalue weighted by Crippen LogP contribution is 2.18. The fourth-order valence-electron chi connectivity index (χ4n) is 2.05. The smallest absolute Gasteiger partial charge is 0.261 e. The number of likely N-dealkylation sites (N-methyl/N-ethyl adjacent to an activating group) is 1. The minimum atomic E-state index is -3.99. The Morgan fingerprint density at radius 1 is 1.04 bits per heavy atom. The molecule has 0 unspecified atom stereocenters. The average molecular weight is 383 g/mol. The number of anilines is 1. The Morgan fingerprint density at radius 3 is 2.27 bits per heavy atom. The summed E-state index contributed by atoms with van der Waals surface area (Å²) < 4.78 is 52.9. The predicted octanol–water partition coefficient (Wildman–Crippen LogP) is 2.06. The second-order valence-electron chi connectivity index (χ2n) is 5.82. The van der Waals surface area contributed by atoms with Crippen LogP contribution in [0.25, 0.3) is 0 Å². The standard InChI is InChI=1S/C17H19F2N3O3S/c1-22(2)10-9-20-17(23)12-3-6-14(7-4-12)26(24,25)21-13-5-8-15(18)16(19)11-13/h3-8,11,21H,9-10H2,1-2H3,(H,20,23). The van der Waals surface area contributed by atoms with Crippen molar-refractivity contribution in [3.8, 4) is 0 Å². The molecule has 0 bridgehead atoms. The lowest BCUT2D eigenvalue weighted by Gasteiger charge is -2.11. The molecule has 1 amide bonds. The van der Waals surface area contributed by atoms with Crippen molar-refractivity contribution < 1.29 is 22.0 Å². The molecule has 140 valence electrons. The third-order valence-electron chi connectivity index (χ3n) is 3.44. The predicted molar refractivity (Wildman–Crippen MR) is 94.5 cm³/mol. The van der Waals surface area contributed by atoms with Crippen LogP contribution in [0, 0.1) is 11.6 Å². The van der Waals surface area contributed by atoms with Gasteiger partial charge in [-0.05, 0) is 50.5 Å². The summed E-state index contributed by atoms with van der Waals surface area (Å²) in [5, 5.41) is 2.72. The molecule has 6 nitrogen and oxygen atoms in total. The number of amides is 1. The van der Waals surface area contributed by atoms with Crippen LogP contribution in [0.1, 0.15) is 10.4 Å². The molecular weight excluding hydrogens is 364 g/mol. The Balaban J connectivity index is 2.08. The minimum absolute atomic E-state index is 0.102. The van der Waals surface area contributed by atoms with Crippen molar-refractivity contribution in [1.29, 1.82) is 0 Å². The monoisotopic (exact) mass is 383 g/mol. The zero-order valence-corrected chi connectivity index (χ0v) is 15.1. The van der Waals surface area contributed by atoms with Crippen molar-refractivity contribution in [1.82, 2.24) is 10.2 Å². The van der Waals surface area contributed by atoms with Crippen molar-refractivity contribution in [2.75, 3.05) is 31.9 Å². The Kier molecular flexibility index (Phi) is 6.27. The van der Waals surface area contributed by atoms with E-state index in [9.17, 15) is 22.0 Å². The highest BCUT2D eigenvalue weighted by atomic mass is 32.2. The van der Waals surface area contributed by atoms with Gasteiger partial charge in [0, 0.05) is 24.7 Å². The third-order valence-corrected chi connectivity index (χ3v) is 4.84. The van der Waals surface area contributed by atoms with Crippen LogP contribution in [-0.4, -0.2) is 46.4 Å². The van der Waals surface area contributed by atoms with Crippen LogP contribution in [0.2, 0.25) is 0 Å². The number of sulfonamides is 1. The van der Waals surface area contributed by atoms with Crippen LogP contribution in [0.15, 0.2) is 47.4 Å². The molecule has 2 aromatic rings. The van der Waals surface area contributed by atoms with Gasteiger partial charge in [-0.3, -0.25) is 9.52 Å². The first kappa shape index (κ1) is 19.8. The van der Waals surface area contributed by atoms with Gasteiger partial charge in [0.15, 0.2) is 11.6 Å². The van der Waals surface area contributed by atoms with E-state index in [2.05, 4.69) is 10.0 Å². The highest BCUT2D eigenvalue weighted by Gasteiger charge is 2.16. The average Bonchev–Trinajstić information content (AvgIpc) is 2.57. The van der Waals surface area contributed by atoms with Crippen LogP contribution in [0.4, 0.5) is 14.5 Å². The van der Waals surface area contributed by atoms with Gasteiger partial charge in [0.1, 0.15) is 0 Å². The maximum atomic E-state index is 13.2. The zero-order valence-electron chi connectivity index (χ0n) is 14.3. The first-order valence-corrected chi connectivity index (χ1v) is 9.18. The molecule has 0 aromatic heterocycles. The van der Waals surface area contributed by atoms with E-state index in [-0.39, 0.29) is 16.5 Å². The number of carbonyl (C=O) groups is 1. The molecule has 0 saturated carbocycles. The molecular formula is C17H19F2N3O3S. The number of hydrogen-bond donors (Lipinski definition) is 2. The molecule has 0 heterocycles. The maximum absolute atomic E-state index is 13.2. The van der Waals surface area contributed by atoms with Gasteiger partial charge in [-0.2, -0.15) is 0 Å². The van der Waals surface area contributed by atoms with Gasteiger partial charge in [0.05, 0.1) is 10.6 Å². The van der Waals surface area contributed by atoms with Crippen LogP contribution in [-0.2, 0) is 10.0 Å². The second kappa shape index (κ2) is 8.24. The number of halogens is 2. The van der Waals surface area contributed by atoms with Crippen LogP contribution < -0.4 is 10.0 Å². The van der Waals surface area contributed by atoms with E-state index in [4.69, 9.17) is 0 Å². The van der Waals surface area contributed by atoms with E-state index in [1.165, 1.54) is 24.3 Å². The van der Waals surface area contributed by atoms with E-state index in [0.717, 1.165) is 18.2 Å². The van der Waals surface area contributed by atoms with Gasteiger partial charge in [0.25, 0.3) is 15.9 Å². The van der Waals surface area contributed by atoms with Gasteiger partial charge in [-0.1, -0.05) is 0 Å². The summed E-state index contributed by atoms with van der Waals surface area (Å²) in [7, 11) is -0.230. The highest BCUT2D eigenvalue weighted by molar-refractivity contribution is 7.92. The maximum Gasteiger partial charge on any atom is 0.261 e. The Labute approximate surface area is 150 Å². The molecule has 9 heteroatoms. The molecule has 0 aliphatic heterocycles. The lowest BCUT2D eigenvalue weighted by molar-refractivity contribution is 0.0951. The molecule has 0 saturated heterocycles. The summed E-state index contributed by atoms with van der Waals surface area (Å²) in [5.41, 5.74) is 0.213. The molecule has 2 rings (SSSR count). The third kappa shape index (κ3) is 5.24. The number of hydrogen-bond acceptors (Lipinski definition) is 4. The van der Waals surface area contributed by atoms with E-state index in [0.29, 0.717) is 18.7 Å². The molecule has 0 radical (unpaired) electrons. The lowest BCUT2D eigenvalue weighted by Crippen LogP contribution is -2.31. The van der Waals surface area contributed by atoms with Crippen LogP contribution in [0.3, 0.4) is 0 Å². The summed E-state index contributed by atoms with van der Waals surface area (Å²) in [6.07, 6.45) is 0. The Bertz CT molecular complexity index is 885. The summed E-state index contributed by atoms with van der Waals surface area (Å²) in [5.74, 6) is -2.54. The van der Waals surface area contributed by atoms with Crippen LogP contribution in [0.5, 0.6) is 0 Å². The number of rotatable bonds is 7. The Morgan fingerprint density at radius 2 is 1.69 bits per heavy atom. The Hall–Kier alpha value is -2.52. The topological polar surface area (TPSA) is 78.5 Å². The first-order valence-electron chi connectivity index (χ1n) is 7.70. The minimum Gasteiger partial charge on any atom is -0.351 e. The normalized spacial score (nSPS) is 11.4. The summed E-state index contributed by atoms with van der Waals surface area (Å²) in [4.78, 5) is 13.8. The quantitative estimate of drug-likeness (QED) is 0.767. The number of nitrogens with one attached hydrogen (secondary N) is 2. The SMILES string of the molecule is CN(C)CCNC(=O)c1ccc(S(=O)(=O)Nc2ccc(F)c(F)c2)cc1. The fourth-order valence-corrected chi connectivity index (χ4v) is 3.10. The summed E-state index contributed by atoms with van der Waals surface area (Å²) in [6, 6.07) is 7.98. The van der Waals surface area contributed by atoms with Gasteiger partial charge in [-0.15, -0.1) is 0 Å². The first-order chi connectivity index (χ1) is 12.2. The molecule has 0 spiro atoms. The second-order valence-corrected chi connectivity index (χ2v) is 7.50. The van der Waals surface area contributed by atoms with E-state index in [1.807, 2.05) is 19.0 Å². The largest absolute Gasteiger partial charge is 0.351 e. The molecule has 0 atom stereocenters. The number of benzene rings is 2. The fraction of sp³-hybridized carbons (Fsp3) is 0.235. The van der Waals surface area contributed by atoms with Gasteiger partial charge in [0.2, 0.25) is 0 Å². The number of carbonyl (C=O) groups excluding carboxylic acids is 1. The lowest BCUT2D eigenvalue weighted by atomic mass is 10.2. The van der Waals surface area contributed by atoms with E-state index in [1.54, 1.807) is 0 Å². The number of nitrogens with zero attached hydrogens (tertiary/aromatic N) is 1. The van der Waals surface area contributed by atoms with Crippen molar-refractivity contribution in [3.63, 3.8) is 0 Å². The van der Waals surface area contributed by atoms with Crippen molar-refractivity contribution >= 4 is 21.6 Å². The molecule has 0 fully saturated rings. The zero-order chi connectivity index (χ0) is 19.3. The van der Waals surface area contributed by atoms with E-state index < -0.39 is 21.7 Å². The van der Waals surface area contributed by atoms with Crippen molar-refractivity contribution in [2.24, 2.45) is 0 Å². The van der Waals surface area contributed by atoms with Crippen molar-refractivity contribution in [3.05, 3.63) is 59.7 Å². The van der Waals surface area contributed by atoms with Gasteiger partial charge >= 0.3 is 0 Å². The summed E-state index contributed by atoms with van der Waals surface area (Å²) in [6.45, 7) is 1.14.